The molecule has 0 spiro atoms. The summed E-state index contributed by atoms with van der Waals surface area (Å²) in [6.07, 6.45) is 5.52. The van der Waals surface area contributed by atoms with E-state index in [0.717, 1.165) is 60.4 Å². The number of hydrogen-bond donors (Lipinski definition) is 2. The lowest BCUT2D eigenvalue weighted by atomic mass is 9.98. The second kappa shape index (κ2) is 11.4. The number of hydrogen-bond acceptors (Lipinski definition) is 5. The second-order valence-electron chi connectivity index (χ2n) is 9.08. The van der Waals surface area contributed by atoms with Gasteiger partial charge in [-0.2, -0.15) is 0 Å². The van der Waals surface area contributed by atoms with Crippen LogP contribution in [0.2, 0.25) is 0 Å². The number of benzene rings is 2. The summed E-state index contributed by atoms with van der Waals surface area (Å²) in [5, 5.41) is 12.7. The number of carboxylic acid groups (broad SMARTS) is 1. The van der Waals surface area contributed by atoms with Gasteiger partial charge in [-0.3, -0.25) is 4.79 Å². The van der Waals surface area contributed by atoms with Gasteiger partial charge in [0, 0.05) is 17.8 Å². The zero-order valence-electron chi connectivity index (χ0n) is 20.3. The van der Waals surface area contributed by atoms with Crippen LogP contribution >= 0.6 is 0 Å². The van der Waals surface area contributed by atoms with E-state index >= 15 is 0 Å². The van der Waals surface area contributed by atoms with Crippen LogP contribution in [0.1, 0.15) is 67.0 Å². The molecule has 7 heteroatoms. The molecule has 2 aromatic carbocycles. The van der Waals surface area contributed by atoms with Crippen molar-refractivity contribution in [2.24, 2.45) is 0 Å². The normalized spacial score (nSPS) is 15.6. The summed E-state index contributed by atoms with van der Waals surface area (Å²) < 4.78 is 19.2. The van der Waals surface area contributed by atoms with Gasteiger partial charge in [0.05, 0.1) is 18.7 Å². The van der Waals surface area contributed by atoms with E-state index in [-0.39, 0.29) is 24.2 Å². The molecule has 0 radical (unpaired) electrons. The molecule has 1 unspecified atom stereocenters. The van der Waals surface area contributed by atoms with Crippen LogP contribution in [0, 0.1) is 12.7 Å². The number of nitrogens with one attached hydrogen (secondary N) is 1. The zero-order valence-corrected chi connectivity index (χ0v) is 20.3. The fraction of sp³-hybridized carbons (Fsp3) is 0.393. The average molecular weight is 478 g/mol. The number of ether oxygens (including phenoxy) is 1. The number of halogens is 1. The number of fused-ring (bicyclic) bond motifs is 1. The summed E-state index contributed by atoms with van der Waals surface area (Å²) in [6, 6.07) is 12.3. The van der Waals surface area contributed by atoms with E-state index in [1.807, 2.05) is 25.3 Å². The maximum absolute atomic E-state index is 13.3. The van der Waals surface area contributed by atoms with Crippen LogP contribution in [0.5, 0.6) is 5.75 Å². The maximum atomic E-state index is 13.3. The predicted molar refractivity (Wildman–Crippen MR) is 133 cm³/mol. The highest BCUT2D eigenvalue weighted by Gasteiger charge is 2.25. The van der Waals surface area contributed by atoms with E-state index in [1.165, 1.54) is 17.7 Å². The van der Waals surface area contributed by atoms with Crippen molar-refractivity contribution < 1.29 is 19.0 Å². The Morgan fingerprint density at radius 1 is 1.26 bits per heavy atom. The first-order valence-electron chi connectivity index (χ1n) is 12.2. The van der Waals surface area contributed by atoms with Gasteiger partial charge in [-0.15, -0.1) is 0 Å². The number of rotatable bonds is 11. The lowest BCUT2D eigenvalue weighted by Gasteiger charge is -2.19. The van der Waals surface area contributed by atoms with Gasteiger partial charge in [-0.25, -0.2) is 14.4 Å². The van der Waals surface area contributed by atoms with Gasteiger partial charge in [-0.1, -0.05) is 13.0 Å². The molecule has 4 rings (SSSR count). The van der Waals surface area contributed by atoms with Crippen LogP contribution in [0.3, 0.4) is 0 Å². The third-order valence-corrected chi connectivity index (χ3v) is 6.57. The molecular weight excluding hydrogens is 445 g/mol. The van der Waals surface area contributed by atoms with Crippen molar-refractivity contribution in [2.75, 3.05) is 13.2 Å². The van der Waals surface area contributed by atoms with E-state index < -0.39 is 5.97 Å². The summed E-state index contributed by atoms with van der Waals surface area (Å²) >= 11 is 0. The molecule has 35 heavy (non-hydrogen) atoms. The number of nitrogens with zero attached hydrogens (tertiary/aromatic N) is 2. The van der Waals surface area contributed by atoms with Crippen LogP contribution in [0.25, 0.3) is 11.4 Å². The van der Waals surface area contributed by atoms with E-state index in [9.17, 15) is 9.18 Å². The molecule has 6 nitrogen and oxygen atoms in total. The minimum atomic E-state index is -0.745. The number of aryl methyl sites for hydroxylation is 2. The standard InChI is InChI=1S/C28H32FN3O3/c1-3-25(27-18(2)17-31-28(32-27)19-7-9-22(29)10-8-19)30-13-4-14-35-23-11-12-24-20(15-23)5-6-21(24)16-26(33)34/h7-12,15,17,21,25,30H,3-6,13-14,16H2,1-2H3,(H,33,34)/t21-,25?/m0/s1. The topological polar surface area (TPSA) is 84.3 Å². The quantitative estimate of drug-likeness (QED) is 0.350. The minimum absolute atomic E-state index is 0.0864. The third kappa shape index (κ3) is 6.22. The van der Waals surface area contributed by atoms with E-state index in [4.69, 9.17) is 14.8 Å². The number of aliphatic carboxylic acids is 1. The van der Waals surface area contributed by atoms with Crippen molar-refractivity contribution in [3.05, 3.63) is 76.9 Å². The van der Waals surface area contributed by atoms with Crippen molar-refractivity contribution in [2.45, 2.75) is 57.9 Å². The van der Waals surface area contributed by atoms with Gasteiger partial charge in [-0.05, 0) is 98.2 Å². The second-order valence-corrected chi connectivity index (χ2v) is 9.08. The van der Waals surface area contributed by atoms with Gasteiger partial charge >= 0.3 is 5.97 Å². The Hall–Kier alpha value is -3.32. The lowest BCUT2D eigenvalue weighted by Crippen LogP contribution is -2.25. The first kappa shape index (κ1) is 24.8. The number of aromatic nitrogens is 2. The Balaban J connectivity index is 1.29. The molecule has 1 aromatic heterocycles. The van der Waals surface area contributed by atoms with Crippen molar-refractivity contribution in [1.82, 2.24) is 15.3 Å². The molecule has 0 saturated heterocycles. The molecule has 2 atom stereocenters. The fourth-order valence-corrected chi connectivity index (χ4v) is 4.71. The molecule has 0 fully saturated rings. The molecule has 184 valence electrons. The van der Waals surface area contributed by atoms with Gasteiger partial charge in [0.2, 0.25) is 0 Å². The van der Waals surface area contributed by atoms with E-state index in [2.05, 4.69) is 23.3 Å². The highest BCUT2D eigenvalue weighted by atomic mass is 19.1. The largest absolute Gasteiger partial charge is 0.494 e. The van der Waals surface area contributed by atoms with Crippen LogP contribution in [-0.2, 0) is 11.2 Å². The average Bonchev–Trinajstić information content (AvgIpc) is 3.24. The summed E-state index contributed by atoms with van der Waals surface area (Å²) in [5.74, 6) is 0.517. The van der Waals surface area contributed by atoms with Crippen molar-refractivity contribution >= 4 is 5.97 Å². The lowest BCUT2D eigenvalue weighted by molar-refractivity contribution is -0.137. The van der Waals surface area contributed by atoms with Crippen molar-refractivity contribution in [3.8, 4) is 17.1 Å². The van der Waals surface area contributed by atoms with Gasteiger partial charge in [0.25, 0.3) is 0 Å². The molecule has 0 aliphatic heterocycles. The van der Waals surface area contributed by atoms with Crippen molar-refractivity contribution in [3.63, 3.8) is 0 Å². The molecule has 1 aliphatic carbocycles. The Kier molecular flexibility index (Phi) is 8.08. The minimum Gasteiger partial charge on any atom is -0.494 e. The van der Waals surface area contributed by atoms with E-state index in [0.29, 0.717) is 12.4 Å². The number of carboxylic acids is 1. The maximum Gasteiger partial charge on any atom is 0.303 e. The third-order valence-electron chi connectivity index (χ3n) is 6.57. The zero-order chi connectivity index (χ0) is 24.8. The Morgan fingerprint density at radius 2 is 2.06 bits per heavy atom. The van der Waals surface area contributed by atoms with Gasteiger partial charge in [0.15, 0.2) is 5.82 Å². The molecule has 0 saturated carbocycles. The van der Waals surface area contributed by atoms with Gasteiger partial charge in [0.1, 0.15) is 11.6 Å². The Bertz CT molecular complexity index is 1170. The molecule has 0 bridgehead atoms. The van der Waals surface area contributed by atoms with Gasteiger partial charge < -0.3 is 15.2 Å². The van der Waals surface area contributed by atoms with E-state index in [1.54, 1.807) is 12.1 Å². The fourth-order valence-electron chi connectivity index (χ4n) is 4.71. The van der Waals surface area contributed by atoms with Crippen molar-refractivity contribution in [1.29, 1.82) is 0 Å². The highest BCUT2D eigenvalue weighted by molar-refractivity contribution is 5.68. The summed E-state index contributed by atoms with van der Waals surface area (Å²) in [4.78, 5) is 20.3. The first-order valence-corrected chi connectivity index (χ1v) is 12.2. The Morgan fingerprint density at radius 3 is 2.80 bits per heavy atom. The molecule has 2 N–H and O–H groups in total. The molecular formula is C28H32FN3O3. The molecule has 0 amide bonds. The highest BCUT2D eigenvalue weighted by Crippen LogP contribution is 2.37. The summed E-state index contributed by atoms with van der Waals surface area (Å²) in [6.45, 7) is 5.49. The summed E-state index contributed by atoms with van der Waals surface area (Å²) in [5.41, 5.74) is 5.11. The molecule has 1 heterocycles. The summed E-state index contributed by atoms with van der Waals surface area (Å²) in [7, 11) is 0. The van der Waals surface area contributed by atoms with Crippen LogP contribution in [-0.4, -0.2) is 34.2 Å². The molecule has 1 aliphatic rings. The Labute approximate surface area is 205 Å². The SMILES string of the molecule is CCC(NCCCOc1ccc2c(c1)CC[C@H]2CC(=O)O)c1nc(-c2ccc(F)cc2)ncc1C. The molecule has 3 aromatic rings. The number of carbonyl (C=O) groups is 1. The van der Waals surface area contributed by atoms with Crippen LogP contribution < -0.4 is 10.1 Å². The first-order chi connectivity index (χ1) is 16.9. The van der Waals surface area contributed by atoms with Crippen LogP contribution in [0.4, 0.5) is 4.39 Å². The monoisotopic (exact) mass is 477 g/mol. The van der Waals surface area contributed by atoms with Crippen LogP contribution in [0.15, 0.2) is 48.7 Å². The predicted octanol–water partition coefficient (Wildman–Crippen LogP) is 5.61. The smallest absolute Gasteiger partial charge is 0.303 e.